The van der Waals surface area contributed by atoms with Crippen LogP contribution in [0.5, 0.6) is 0 Å². The van der Waals surface area contributed by atoms with Gasteiger partial charge in [-0.05, 0) is 31.9 Å². The van der Waals surface area contributed by atoms with Gasteiger partial charge in [-0.3, -0.25) is 14.2 Å². The average molecular weight is 323 g/mol. The van der Waals surface area contributed by atoms with Crippen LogP contribution in [0.4, 0.5) is 5.69 Å². The van der Waals surface area contributed by atoms with E-state index in [4.69, 9.17) is 0 Å². The van der Waals surface area contributed by atoms with E-state index in [0.29, 0.717) is 17.8 Å². The van der Waals surface area contributed by atoms with Gasteiger partial charge >= 0.3 is 0 Å². The van der Waals surface area contributed by atoms with Gasteiger partial charge in [-0.2, -0.15) is 10.2 Å². The van der Waals surface area contributed by atoms with Crippen LogP contribution >= 0.6 is 0 Å². The second-order valence-electron chi connectivity index (χ2n) is 5.98. The second-order valence-corrected chi connectivity index (χ2v) is 5.98. The van der Waals surface area contributed by atoms with Crippen molar-refractivity contribution in [3.8, 4) is 0 Å². The Balaban J connectivity index is 1.74. The van der Waals surface area contributed by atoms with E-state index >= 15 is 0 Å². The van der Waals surface area contributed by atoms with E-state index in [1.165, 1.54) is 11.1 Å². The summed E-state index contributed by atoms with van der Waals surface area (Å²) in [4.78, 5) is 12.5. The van der Waals surface area contributed by atoms with Gasteiger partial charge < -0.3 is 5.32 Å². The number of nitrogens with one attached hydrogen (secondary N) is 1. The van der Waals surface area contributed by atoms with Crippen LogP contribution in [0.25, 0.3) is 0 Å². The largest absolute Gasteiger partial charge is 0.319 e. The van der Waals surface area contributed by atoms with E-state index in [2.05, 4.69) is 34.6 Å². The molecule has 0 unspecified atom stereocenters. The van der Waals surface area contributed by atoms with Crippen molar-refractivity contribution in [3.63, 3.8) is 0 Å². The van der Waals surface area contributed by atoms with Crippen molar-refractivity contribution in [2.45, 2.75) is 27.3 Å². The van der Waals surface area contributed by atoms with Crippen LogP contribution in [0.3, 0.4) is 0 Å². The minimum atomic E-state index is -0.159. The quantitative estimate of drug-likeness (QED) is 0.803. The van der Waals surface area contributed by atoms with E-state index in [-0.39, 0.29) is 5.91 Å². The zero-order valence-electron chi connectivity index (χ0n) is 14.4. The van der Waals surface area contributed by atoms with Gasteiger partial charge in [0.2, 0.25) is 0 Å². The molecule has 3 aromatic rings. The molecule has 0 radical (unpaired) electrons. The molecule has 0 saturated heterocycles. The van der Waals surface area contributed by atoms with Crippen LogP contribution < -0.4 is 5.32 Å². The molecule has 1 N–H and O–H groups in total. The van der Waals surface area contributed by atoms with Crippen molar-refractivity contribution in [1.29, 1.82) is 0 Å². The van der Waals surface area contributed by atoms with Gasteiger partial charge in [0, 0.05) is 18.9 Å². The molecular formula is C18H21N5O. The first-order valence-corrected chi connectivity index (χ1v) is 7.84. The van der Waals surface area contributed by atoms with Crippen molar-refractivity contribution < 1.29 is 4.79 Å². The Kier molecular flexibility index (Phi) is 4.20. The minimum absolute atomic E-state index is 0.159. The van der Waals surface area contributed by atoms with Crippen LogP contribution in [-0.2, 0) is 13.6 Å². The van der Waals surface area contributed by atoms with Crippen molar-refractivity contribution in [3.05, 3.63) is 64.7 Å². The second kappa shape index (κ2) is 6.31. The first-order valence-electron chi connectivity index (χ1n) is 7.84. The number of aromatic nitrogens is 4. The van der Waals surface area contributed by atoms with Gasteiger partial charge in [0.05, 0.1) is 29.7 Å². The number of aryl methyl sites for hydroxylation is 3. The zero-order chi connectivity index (χ0) is 17.3. The van der Waals surface area contributed by atoms with Crippen LogP contribution in [0.15, 0.2) is 36.7 Å². The molecule has 2 aromatic heterocycles. The van der Waals surface area contributed by atoms with Gasteiger partial charge in [-0.15, -0.1) is 0 Å². The molecule has 0 aliphatic carbocycles. The highest BCUT2D eigenvalue weighted by Crippen LogP contribution is 2.16. The SMILES string of the molecule is Cc1ccccc1Cn1cc(NC(=O)c2c(C)nn(C)c2C)cn1. The number of amides is 1. The van der Waals surface area contributed by atoms with Crippen molar-refractivity contribution >= 4 is 11.6 Å². The van der Waals surface area contributed by atoms with Gasteiger partial charge in [-0.25, -0.2) is 0 Å². The van der Waals surface area contributed by atoms with Gasteiger partial charge in [0.25, 0.3) is 5.91 Å². The summed E-state index contributed by atoms with van der Waals surface area (Å²) in [5, 5.41) is 11.5. The van der Waals surface area contributed by atoms with E-state index < -0.39 is 0 Å². The predicted octanol–water partition coefficient (Wildman–Crippen LogP) is 2.84. The molecule has 0 saturated carbocycles. The first-order chi connectivity index (χ1) is 11.5. The Morgan fingerprint density at radius 1 is 1.21 bits per heavy atom. The number of anilines is 1. The Hall–Kier alpha value is -2.89. The summed E-state index contributed by atoms with van der Waals surface area (Å²) in [5.74, 6) is -0.159. The number of nitrogens with zero attached hydrogens (tertiary/aromatic N) is 4. The molecule has 3 rings (SSSR count). The first kappa shape index (κ1) is 16.0. The molecule has 1 aromatic carbocycles. The van der Waals surface area contributed by atoms with Gasteiger partial charge in [0.1, 0.15) is 0 Å². The van der Waals surface area contributed by atoms with Gasteiger partial charge in [0.15, 0.2) is 0 Å². The fourth-order valence-corrected chi connectivity index (χ4v) is 2.77. The smallest absolute Gasteiger partial charge is 0.259 e. The van der Waals surface area contributed by atoms with Crippen LogP contribution in [0.1, 0.15) is 32.9 Å². The van der Waals surface area contributed by atoms with E-state index in [9.17, 15) is 4.79 Å². The minimum Gasteiger partial charge on any atom is -0.319 e. The molecule has 0 fully saturated rings. The highest BCUT2D eigenvalue weighted by atomic mass is 16.1. The maximum atomic E-state index is 12.5. The monoisotopic (exact) mass is 323 g/mol. The van der Waals surface area contributed by atoms with Crippen molar-refractivity contribution in [1.82, 2.24) is 19.6 Å². The highest BCUT2D eigenvalue weighted by molar-refractivity contribution is 6.05. The lowest BCUT2D eigenvalue weighted by molar-refractivity contribution is 0.102. The molecule has 6 nitrogen and oxygen atoms in total. The summed E-state index contributed by atoms with van der Waals surface area (Å²) in [6, 6.07) is 8.20. The number of carbonyl (C=O) groups excluding carboxylic acids is 1. The summed E-state index contributed by atoms with van der Waals surface area (Å²) in [5.41, 5.74) is 5.29. The number of benzene rings is 1. The van der Waals surface area contributed by atoms with Crippen molar-refractivity contribution in [2.75, 3.05) is 5.32 Å². The third-order valence-electron chi connectivity index (χ3n) is 4.22. The fourth-order valence-electron chi connectivity index (χ4n) is 2.77. The molecule has 2 heterocycles. The standard InChI is InChI=1S/C18H21N5O/c1-12-7-5-6-8-15(12)10-23-11-16(9-19-23)20-18(24)17-13(2)21-22(4)14(17)3/h5-9,11H,10H2,1-4H3,(H,20,24). The Labute approximate surface area is 141 Å². The molecule has 0 aliphatic rings. The van der Waals surface area contributed by atoms with Crippen molar-refractivity contribution in [2.24, 2.45) is 7.05 Å². The van der Waals surface area contributed by atoms with E-state index in [0.717, 1.165) is 11.4 Å². The molecule has 0 aliphatic heterocycles. The molecular weight excluding hydrogens is 302 g/mol. The molecule has 0 spiro atoms. The summed E-state index contributed by atoms with van der Waals surface area (Å²) >= 11 is 0. The normalized spacial score (nSPS) is 10.8. The predicted molar refractivity (Wildman–Crippen MR) is 93.1 cm³/mol. The molecule has 0 bridgehead atoms. The Morgan fingerprint density at radius 3 is 2.62 bits per heavy atom. The van der Waals surface area contributed by atoms with Gasteiger partial charge in [-0.1, -0.05) is 24.3 Å². The van der Waals surface area contributed by atoms with Crippen LogP contribution in [0.2, 0.25) is 0 Å². The highest BCUT2D eigenvalue weighted by Gasteiger charge is 2.17. The lowest BCUT2D eigenvalue weighted by atomic mass is 10.1. The summed E-state index contributed by atoms with van der Waals surface area (Å²) in [7, 11) is 1.83. The lowest BCUT2D eigenvalue weighted by Gasteiger charge is -2.05. The Bertz CT molecular complexity index is 891. The Morgan fingerprint density at radius 2 is 1.96 bits per heavy atom. The summed E-state index contributed by atoms with van der Waals surface area (Å²) in [6.45, 7) is 6.48. The third kappa shape index (κ3) is 3.08. The van der Waals surface area contributed by atoms with E-state index in [1.807, 2.05) is 43.9 Å². The number of hydrogen-bond acceptors (Lipinski definition) is 3. The van der Waals surface area contributed by atoms with E-state index in [1.54, 1.807) is 10.9 Å². The molecule has 124 valence electrons. The molecule has 0 atom stereocenters. The number of rotatable bonds is 4. The summed E-state index contributed by atoms with van der Waals surface area (Å²) in [6.07, 6.45) is 3.50. The fraction of sp³-hybridized carbons (Fsp3) is 0.278. The zero-order valence-corrected chi connectivity index (χ0v) is 14.4. The topological polar surface area (TPSA) is 64.7 Å². The molecule has 6 heteroatoms. The summed E-state index contributed by atoms with van der Waals surface area (Å²) < 4.78 is 3.53. The van der Waals surface area contributed by atoms with Crippen LogP contribution in [0, 0.1) is 20.8 Å². The number of hydrogen-bond donors (Lipinski definition) is 1. The molecule has 1 amide bonds. The lowest BCUT2D eigenvalue weighted by Crippen LogP contribution is -2.13. The van der Waals surface area contributed by atoms with Crippen LogP contribution in [-0.4, -0.2) is 25.5 Å². The number of carbonyl (C=O) groups is 1. The maximum Gasteiger partial charge on any atom is 0.259 e. The average Bonchev–Trinajstić information content (AvgIpc) is 3.06. The maximum absolute atomic E-state index is 12.5. The molecule has 24 heavy (non-hydrogen) atoms. The third-order valence-corrected chi connectivity index (χ3v) is 4.22.